The van der Waals surface area contributed by atoms with Gasteiger partial charge >= 0.3 is 0 Å². The Morgan fingerprint density at radius 2 is 1.64 bits per heavy atom. The van der Waals surface area contributed by atoms with Crippen molar-refractivity contribution in [2.75, 3.05) is 45.3 Å². The summed E-state index contributed by atoms with van der Waals surface area (Å²) < 4.78 is 23.7. The number of piperazine rings is 1. The first-order valence-electron chi connectivity index (χ1n) is 8.14. The lowest BCUT2D eigenvalue weighted by Crippen LogP contribution is -2.48. The normalized spacial score (nSPS) is 14.4. The standard InChI is InChI=1S/C19H21FN2O3/c1-24-16-7-8-18(25-2)17(13-16)21-9-11-22(12-10-21)19(23)14-3-5-15(20)6-4-14/h3-8,13H,9-12H2,1-2H3. The lowest BCUT2D eigenvalue weighted by molar-refractivity contribution is 0.0746. The molecule has 6 heteroatoms. The lowest BCUT2D eigenvalue weighted by Gasteiger charge is -2.36. The molecule has 0 radical (unpaired) electrons. The predicted molar refractivity (Wildman–Crippen MR) is 94.1 cm³/mol. The SMILES string of the molecule is COc1ccc(OC)c(N2CCN(C(=O)c3ccc(F)cc3)CC2)c1. The van der Waals surface area contributed by atoms with E-state index in [9.17, 15) is 9.18 Å². The van der Waals surface area contributed by atoms with Crippen LogP contribution in [0, 0.1) is 5.82 Å². The van der Waals surface area contributed by atoms with Crippen LogP contribution >= 0.6 is 0 Å². The largest absolute Gasteiger partial charge is 0.497 e. The number of hydrogen-bond donors (Lipinski definition) is 0. The Hall–Kier alpha value is -2.76. The molecular formula is C19H21FN2O3. The van der Waals surface area contributed by atoms with Crippen molar-refractivity contribution in [2.24, 2.45) is 0 Å². The number of anilines is 1. The van der Waals surface area contributed by atoms with Gasteiger partial charge in [0.1, 0.15) is 17.3 Å². The summed E-state index contributed by atoms with van der Waals surface area (Å²) in [6.45, 7) is 2.57. The molecule has 1 aliphatic rings. The maximum Gasteiger partial charge on any atom is 0.253 e. The summed E-state index contributed by atoms with van der Waals surface area (Å²) in [5.74, 6) is 1.13. The Morgan fingerprint density at radius 1 is 0.960 bits per heavy atom. The highest BCUT2D eigenvalue weighted by Gasteiger charge is 2.24. The number of halogens is 1. The minimum absolute atomic E-state index is 0.0720. The molecule has 1 saturated heterocycles. The minimum Gasteiger partial charge on any atom is -0.497 e. The molecule has 5 nitrogen and oxygen atoms in total. The molecule has 0 saturated carbocycles. The van der Waals surface area contributed by atoms with Crippen molar-refractivity contribution in [1.82, 2.24) is 4.90 Å². The van der Waals surface area contributed by atoms with Crippen molar-refractivity contribution in [3.05, 3.63) is 53.8 Å². The van der Waals surface area contributed by atoms with Crippen molar-refractivity contribution in [3.8, 4) is 11.5 Å². The molecule has 1 aliphatic heterocycles. The van der Waals surface area contributed by atoms with E-state index in [-0.39, 0.29) is 11.7 Å². The average molecular weight is 344 g/mol. The van der Waals surface area contributed by atoms with E-state index < -0.39 is 0 Å². The average Bonchev–Trinajstić information content (AvgIpc) is 2.67. The molecule has 2 aromatic carbocycles. The first-order valence-corrected chi connectivity index (χ1v) is 8.14. The Morgan fingerprint density at radius 3 is 2.24 bits per heavy atom. The van der Waals surface area contributed by atoms with Crippen molar-refractivity contribution < 1.29 is 18.7 Å². The molecule has 1 fully saturated rings. The molecule has 3 rings (SSSR count). The van der Waals surface area contributed by atoms with Gasteiger partial charge in [-0.15, -0.1) is 0 Å². The number of rotatable bonds is 4. The molecule has 0 N–H and O–H groups in total. The molecular weight excluding hydrogens is 323 g/mol. The number of nitrogens with zero attached hydrogens (tertiary/aromatic N) is 2. The van der Waals surface area contributed by atoms with Gasteiger partial charge in [0, 0.05) is 37.8 Å². The number of hydrogen-bond acceptors (Lipinski definition) is 4. The van der Waals surface area contributed by atoms with E-state index >= 15 is 0 Å². The molecule has 1 amide bonds. The van der Waals surface area contributed by atoms with Crippen LogP contribution in [0.25, 0.3) is 0 Å². The predicted octanol–water partition coefficient (Wildman–Crippen LogP) is 2.81. The summed E-state index contributed by atoms with van der Waals surface area (Å²) in [7, 11) is 3.27. The van der Waals surface area contributed by atoms with Crippen molar-refractivity contribution in [1.29, 1.82) is 0 Å². The van der Waals surface area contributed by atoms with Gasteiger partial charge in [-0.3, -0.25) is 4.79 Å². The van der Waals surface area contributed by atoms with Crippen LogP contribution in [0.15, 0.2) is 42.5 Å². The van der Waals surface area contributed by atoms with Gasteiger partial charge in [-0.05, 0) is 36.4 Å². The van der Waals surface area contributed by atoms with Crippen molar-refractivity contribution in [2.45, 2.75) is 0 Å². The Balaban J connectivity index is 1.69. The second-order valence-electron chi connectivity index (χ2n) is 5.82. The first kappa shape index (κ1) is 17.1. The highest BCUT2D eigenvalue weighted by molar-refractivity contribution is 5.94. The Labute approximate surface area is 146 Å². The van der Waals surface area contributed by atoms with E-state index in [2.05, 4.69) is 4.90 Å². The third-order valence-corrected chi connectivity index (χ3v) is 4.38. The number of amides is 1. The van der Waals surface area contributed by atoms with Gasteiger partial charge in [0.25, 0.3) is 5.91 Å². The van der Waals surface area contributed by atoms with Gasteiger partial charge in [-0.1, -0.05) is 0 Å². The molecule has 0 aliphatic carbocycles. The van der Waals surface area contributed by atoms with Crippen LogP contribution in [0.2, 0.25) is 0 Å². The van der Waals surface area contributed by atoms with Crippen LogP contribution in [-0.2, 0) is 0 Å². The van der Waals surface area contributed by atoms with Crippen LogP contribution in [0.1, 0.15) is 10.4 Å². The Kier molecular flexibility index (Phi) is 5.07. The fourth-order valence-electron chi connectivity index (χ4n) is 2.97. The molecule has 0 spiro atoms. The van der Waals surface area contributed by atoms with Gasteiger partial charge in [-0.2, -0.15) is 0 Å². The summed E-state index contributed by atoms with van der Waals surface area (Å²) in [5, 5.41) is 0. The second-order valence-corrected chi connectivity index (χ2v) is 5.82. The van der Waals surface area contributed by atoms with Gasteiger partial charge in [-0.25, -0.2) is 4.39 Å². The van der Waals surface area contributed by atoms with E-state index in [1.165, 1.54) is 24.3 Å². The van der Waals surface area contributed by atoms with Gasteiger partial charge < -0.3 is 19.3 Å². The number of carbonyl (C=O) groups excluding carboxylic acids is 1. The third-order valence-electron chi connectivity index (χ3n) is 4.38. The van der Waals surface area contributed by atoms with Crippen molar-refractivity contribution in [3.63, 3.8) is 0 Å². The fourth-order valence-corrected chi connectivity index (χ4v) is 2.97. The second kappa shape index (κ2) is 7.42. The fraction of sp³-hybridized carbons (Fsp3) is 0.316. The van der Waals surface area contributed by atoms with Crippen molar-refractivity contribution >= 4 is 11.6 Å². The number of carbonyl (C=O) groups is 1. The zero-order chi connectivity index (χ0) is 17.8. The van der Waals surface area contributed by atoms with Gasteiger partial charge in [0.15, 0.2) is 0 Å². The summed E-state index contributed by atoms with van der Waals surface area (Å²) in [4.78, 5) is 16.5. The van der Waals surface area contributed by atoms with E-state index in [1.807, 2.05) is 18.2 Å². The van der Waals surface area contributed by atoms with E-state index in [0.29, 0.717) is 31.7 Å². The van der Waals surface area contributed by atoms with E-state index in [1.54, 1.807) is 19.1 Å². The quantitative estimate of drug-likeness (QED) is 0.855. The molecule has 1 heterocycles. The highest BCUT2D eigenvalue weighted by Crippen LogP contribution is 2.33. The maximum absolute atomic E-state index is 13.0. The summed E-state index contributed by atoms with van der Waals surface area (Å²) in [5.41, 5.74) is 1.46. The molecule has 25 heavy (non-hydrogen) atoms. The number of ether oxygens (including phenoxy) is 2. The monoisotopic (exact) mass is 344 g/mol. The lowest BCUT2D eigenvalue weighted by atomic mass is 10.1. The van der Waals surface area contributed by atoms with E-state index in [0.717, 1.165) is 17.2 Å². The summed E-state index contributed by atoms with van der Waals surface area (Å²) in [6.07, 6.45) is 0. The summed E-state index contributed by atoms with van der Waals surface area (Å²) in [6, 6.07) is 11.3. The van der Waals surface area contributed by atoms with Crippen LogP contribution in [0.4, 0.5) is 10.1 Å². The van der Waals surface area contributed by atoms with Crippen LogP contribution in [0.3, 0.4) is 0 Å². The zero-order valence-electron chi connectivity index (χ0n) is 14.4. The van der Waals surface area contributed by atoms with Crippen LogP contribution in [-0.4, -0.2) is 51.2 Å². The molecule has 132 valence electrons. The minimum atomic E-state index is -0.341. The van der Waals surface area contributed by atoms with Gasteiger partial charge in [0.2, 0.25) is 0 Å². The number of methoxy groups -OCH3 is 2. The zero-order valence-corrected chi connectivity index (χ0v) is 14.4. The maximum atomic E-state index is 13.0. The highest BCUT2D eigenvalue weighted by atomic mass is 19.1. The van der Waals surface area contributed by atoms with Crippen LogP contribution in [0.5, 0.6) is 11.5 Å². The van der Waals surface area contributed by atoms with Gasteiger partial charge in [0.05, 0.1) is 19.9 Å². The Bertz CT molecular complexity index is 741. The van der Waals surface area contributed by atoms with Crippen LogP contribution < -0.4 is 14.4 Å². The molecule has 2 aromatic rings. The molecule has 0 atom stereocenters. The third kappa shape index (κ3) is 3.68. The molecule has 0 aromatic heterocycles. The molecule has 0 bridgehead atoms. The smallest absolute Gasteiger partial charge is 0.253 e. The van der Waals surface area contributed by atoms with E-state index in [4.69, 9.17) is 9.47 Å². The number of benzene rings is 2. The first-order chi connectivity index (χ1) is 12.1. The topological polar surface area (TPSA) is 42.0 Å². The summed E-state index contributed by atoms with van der Waals surface area (Å²) >= 11 is 0. The molecule has 0 unspecified atom stereocenters.